The number of phenols is 1. The van der Waals surface area contributed by atoms with Gasteiger partial charge in [0.05, 0.1) is 27.5 Å². The average Bonchev–Trinajstić information content (AvgIpc) is 3.29. The molecular weight excluding hydrogens is 491 g/mol. The number of aryl methyl sites for hydroxylation is 1. The minimum absolute atomic E-state index is 0.0130. The number of phenolic OH excluding ortho intramolecular Hbond substituents is 1. The fraction of sp³-hybridized carbons (Fsp3) is 0.100. The molecule has 14 heteroatoms. The number of carbonyl (C=O) groups is 1. The van der Waals surface area contributed by atoms with Crippen LogP contribution in [-0.2, 0) is 14.1 Å². The van der Waals surface area contributed by atoms with E-state index >= 15 is 0 Å². The Hall–Kier alpha value is -4.16. The second kappa shape index (κ2) is 9.77. The standard InChI is InChI=1S/C13H8Cl2N2O4.C7H8N4O2/c14-7-1-4-12(18)9(5-7)13(19)16-11-3-2-8(17(20)21)6-10(11)15;1-10-5-4(8-3-9-5)6(12)11(2)7(10)13/h1-6,18H,(H,16,19);3H,1-2H3,(H,8,9). The number of carbonyl (C=O) groups excluding carboxylic acids is 1. The average molecular weight is 507 g/mol. The highest BCUT2D eigenvalue weighted by molar-refractivity contribution is 6.34. The van der Waals surface area contributed by atoms with Gasteiger partial charge >= 0.3 is 5.69 Å². The molecule has 34 heavy (non-hydrogen) atoms. The molecule has 0 radical (unpaired) electrons. The van der Waals surface area contributed by atoms with E-state index in [1.807, 2.05) is 0 Å². The zero-order chi connectivity index (χ0) is 25.2. The van der Waals surface area contributed by atoms with E-state index in [0.29, 0.717) is 11.2 Å². The first-order valence-electron chi connectivity index (χ1n) is 9.34. The molecule has 0 bridgehead atoms. The Morgan fingerprint density at radius 1 is 1.15 bits per heavy atom. The van der Waals surface area contributed by atoms with Crippen LogP contribution in [0.1, 0.15) is 10.4 Å². The number of aromatic nitrogens is 4. The number of imidazole rings is 1. The summed E-state index contributed by atoms with van der Waals surface area (Å²) in [5, 5.41) is 23.0. The molecule has 176 valence electrons. The summed E-state index contributed by atoms with van der Waals surface area (Å²) in [6.07, 6.45) is 1.39. The monoisotopic (exact) mass is 506 g/mol. The molecule has 2 aromatic heterocycles. The lowest BCUT2D eigenvalue weighted by Gasteiger charge is -2.08. The van der Waals surface area contributed by atoms with Gasteiger partial charge in [-0.25, -0.2) is 9.78 Å². The van der Waals surface area contributed by atoms with Crippen molar-refractivity contribution in [1.82, 2.24) is 19.1 Å². The molecule has 0 aliphatic heterocycles. The van der Waals surface area contributed by atoms with Gasteiger partial charge in [-0.2, -0.15) is 0 Å². The van der Waals surface area contributed by atoms with Crippen LogP contribution in [0, 0.1) is 10.1 Å². The first-order valence-corrected chi connectivity index (χ1v) is 10.1. The van der Waals surface area contributed by atoms with E-state index in [0.717, 1.165) is 10.6 Å². The molecule has 0 saturated carbocycles. The Bertz CT molecular complexity index is 1540. The lowest BCUT2D eigenvalue weighted by Crippen LogP contribution is -2.36. The van der Waals surface area contributed by atoms with Gasteiger partial charge in [0, 0.05) is 31.3 Å². The number of hydrogen-bond acceptors (Lipinski definition) is 7. The normalized spacial score (nSPS) is 10.5. The molecule has 0 aliphatic carbocycles. The predicted octanol–water partition coefficient (Wildman–Crippen LogP) is 2.82. The highest BCUT2D eigenvalue weighted by atomic mass is 35.5. The topological polar surface area (TPSA) is 165 Å². The molecule has 2 heterocycles. The van der Waals surface area contributed by atoms with Gasteiger partial charge in [-0.05, 0) is 24.3 Å². The van der Waals surface area contributed by atoms with Crippen LogP contribution >= 0.6 is 23.2 Å². The molecule has 2 aromatic carbocycles. The van der Waals surface area contributed by atoms with Crippen molar-refractivity contribution in [2.24, 2.45) is 14.1 Å². The molecule has 0 atom stereocenters. The molecule has 0 aliphatic rings. The van der Waals surface area contributed by atoms with E-state index in [4.69, 9.17) is 23.2 Å². The zero-order valence-corrected chi connectivity index (χ0v) is 19.1. The van der Waals surface area contributed by atoms with Crippen LogP contribution in [0.25, 0.3) is 11.2 Å². The van der Waals surface area contributed by atoms with Gasteiger partial charge in [0.15, 0.2) is 5.65 Å². The maximum Gasteiger partial charge on any atom is 0.332 e. The molecule has 0 spiro atoms. The number of halogens is 2. The minimum atomic E-state index is -0.634. The van der Waals surface area contributed by atoms with Crippen LogP contribution in [0.15, 0.2) is 52.3 Å². The van der Waals surface area contributed by atoms with Crippen LogP contribution in [0.3, 0.4) is 0 Å². The van der Waals surface area contributed by atoms with Crippen molar-refractivity contribution in [3.63, 3.8) is 0 Å². The van der Waals surface area contributed by atoms with Gasteiger partial charge in [0.1, 0.15) is 11.3 Å². The maximum absolute atomic E-state index is 12.0. The minimum Gasteiger partial charge on any atom is -0.507 e. The number of amides is 1. The van der Waals surface area contributed by atoms with Crippen molar-refractivity contribution < 1.29 is 14.8 Å². The first-order chi connectivity index (χ1) is 16.0. The maximum atomic E-state index is 12.0. The third-order valence-corrected chi connectivity index (χ3v) is 5.19. The van der Waals surface area contributed by atoms with E-state index in [1.54, 1.807) is 7.05 Å². The molecule has 4 aromatic rings. The van der Waals surface area contributed by atoms with Crippen molar-refractivity contribution in [2.75, 3.05) is 5.32 Å². The largest absolute Gasteiger partial charge is 0.507 e. The number of H-pyrrole nitrogens is 1. The number of rotatable bonds is 3. The highest BCUT2D eigenvalue weighted by Crippen LogP contribution is 2.28. The van der Waals surface area contributed by atoms with E-state index < -0.39 is 10.8 Å². The number of benzene rings is 2. The van der Waals surface area contributed by atoms with Crippen molar-refractivity contribution in [3.05, 3.63) is 89.3 Å². The van der Waals surface area contributed by atoms with Crippen molar-refractivity contribution in [3.8, 4) is 5.75 Å². The molecule has 0 saturated heterocycles. The quantitative estimate of drug-likeness (QED) is 0.283. The Kier molecular flexibility index (Phi) is 7.03. The molecular formula is C20H16Cl2N6O6. The van der Waals surface area contributed by atoms with E-state index in [1.165, 1.54) is 48.3 Å². The lowest BCUT2D eigenvalue weighted by molar-refractivity contribution is -0.384. The summed E-state index contributed by atoms with van der Waals surface area (Å²) >= 11 is 11.6. The Morgan fingerprint density at radius 3 is 2.50 bits per heavy atom. The number of aromatic hydroxyl groups is 1. The fourth-order valence-corrected chi connectivity index (χ4v) is 3.26. The van der Waals surface area contributed by atoms with Gasteiger partial charge in [-0.1, -0.05) is 23.2 Å². The van der Waals surface area contributed by atoms with Gasteiger partial charge in [0.2, 0.25) is 0 Å². The lowest BCUT2D eigenvalue weighted by atomic mass is 10.2. The van der Waals surface area contributed by atoms with Gasteiger partial charge in [0.25, 0.3) is 17.2 Å². The fourth-order valence-electron chi connectivity index (χ4n) is 2.87. The first kappa shape index (κ1) is 24.5. The van der Waals surface area contributed by atoms with E-state index in [2.05, 4.69) is 15.3 Å². The number of hydrogen-bond donors (Lipinski definition) is 3. The molecule has 0 unspecified atom stereocenters. The Labute approximate surface area is 200 Å². The number of anilines is 1. The Balaban J connectivity index is 0.000000212. The second-order valence-corrected chi connectivity index (χ2v) is 7.69. The summed E-state index contributed by atoms with van der Waals surface area (Å²) < 4.78 is 2.37. The Morgan fingerprint density at radius 2 is 1.85 bits per heavy atom. The molecule has 1 amide bonds. The SMILES string of the molecule is Cn1c(=O)c2[nH]cnc2n(C)c1=O.O=C(Nc1ccc([N+](=O)[O-])cc1Cl)c1cc(Cl)ccc1O. The number of fused-ring (bicyclic) bond motifs is 1. The van der Waals surface area contributed by atoms with Crippen LogP contribution in [-0.4, -0.2) is 35.0 Å². The number of nitro benzene ring substituents is 1. The summed E-state index contributed by atoms with van der Waals surface area (Å²) in [6.45, 7) is 0. The summed E-state index contributed by atoms with van der Waals surface area (Å²) in [7, 11) is 3.01. The number of nitro groups is 1. The predicted molar refractivity (Wildman–Crippen MR) is 126 cm³/mol. The van der Waals surface area contributed by atoms with Crippen LogP contribution in [0.4, 0.5) is 11.4 Å². The second-order valence-electron chi connectivity index (χ2n) is 6.84. The van der Waals surface area contributed by atoms with E-state index in [-0.39, 0.29) is 44.0 Å². The molecule has 3 N–H and O–H groups in total. The number of nitrogens with one attached hydrogen (secondary N) is 2. The number of aromatic amines is 1. The summed E-state index contributed by atoms with van der Waals surface area (Å²) in [5.74, 6) is -0.874. The van der Waals surface area contributed by atoms with Crippen molar-refractivity contribution in [1.29, 1.82) is 0 Å². The zero-order valence-electron chi connectivity index (χ0n) is 17.6. The molecule has 0 fully saturated rings. The van der Waals surface area contributed by atoms with Crippen LogP contribution in [0.5, 0.6) is 5.75 Å². The van der Waals surface area contributed by atoms with Crippen molar-refractivity contribution in [2.45, 2.75) is 0 Å². The van der Waals surface area contributed by atoms with E-state index in [9.17, 15) is 29.6 Å². The summed E-state index contributed by atoms with van der Waals surface area (Å²) in [5.41, 5.74) is -0.0231. The van der Waals surface area contributed by atoms with Crippen LogP contribution in [0.2, 0.25) is 10.0 Å². The summed E-state index contributed by atoms with van der Waals surface area (Å²) in [4.78, 5) is 51.4. The van der Waals surface area contributed by atoms with Crippen molar-refractivity contribution >= 4 is 51.6 Å². The molecule has 12 nitrogen and oxygen atoms in total. The molecule has 4 rings (SSSR count). The highest BCUT2D eigenvalue weighted by Gasteiger charge is 2.15. The van der Waals surface area contributed by atoms with Crippen LogP contribution < -0.4 is 16.6 Å². The number of non-ortho nitro benzene ring substituents is 1. The third-order valence-electron chi connectivity index (χ3n) is 4.64. The van der Waals surface area contributed by atoms with Gasteiger partial charge in [-0.15, -0.1) is 0 Å². The number of nitrogens with zero attached hydrogens (tertiary/aromatic N) is 4. The summed E-state index contributed by atoms with van der Waals surface area (Å²) in [6, 6.07) is 7.65. The smallest absolute Gasteiger partial charge is 0.332 e. The van der Waals surface area contributed by atoms with Gasteiger partial charge in [-0.3, -0.25) is 28.8 Å². The third kappa shape index (κ3) is 4.92. The van der Waals surface area contributed by atoms with Gasteiger partial charge < -0.3 is 15.4 Å².